The van der Waals surface area contributed by atoms with Gasteiger partial charge in [0.05, 0.1) is 18.3 Å². The van der Waals surface area contributed by atoms with Gasteiger partial charge in [-0.15, -0.1) is 0 Å². The van der Waals surface area contributed by atoms with E-state index in [0.717, 1.165) is 37.2 Å². The lowest BCUT2D eigenvalue weighted by Crippen LogP contribution is -2.31. The number of anilines is 1. The number of rotatable bonds is 3. The molecule has 1 heterocycles. The fraction of sp³-hybridized carbons (Fsp3) is 0.625. The van der Waals surface area contributed by atoms with E-state index < -0.39 is 0 Å². The Morgan fingerprint density at radius 1 is 1.32 bits per heavy atom. The van der Waals surface area contributed by atoms with Gasteiger partial charge < -0.3 is 14.7 Å². The fourth-order valence-corrected chi connectivity index (χ4v) is 2.50. The van der Waals surface area contributed by atoms with E-state index in [1.54, 1.807) is 0 Å². The van der Waals surface area contributed by atoms with Gasteiger partial charge in [-0.2, -0.15) is 0 Å². The highest BCUT2D eigenvalue weighted by molar-refractivity contribution is 5.55. The van der Waals surface area contributed by atoms with Crippen molar-refractivity contribution in [3.63, 3.8) is 0 Å². The molecule has 0 saturated carbocycles. The molecule has 0 saturated heterocycles. The van der Waals surface area contributed by atoms with Crippen LogP contribution in [0.25, 0.3) is 0 Å². The topological polar surface area (TPSA) is 32.7 Å². The molecular formula is C16H25NO2. The number of hydrogen-bond donors (Lipinski definition) is 1. The Hall–Kier alpha value is -1.06. The first-order chi connectivity index (χ1) is 8.97. The summed E-state index contributed by atoms with van der Waals surface area (Å²) in [6.45, 7) is 8.81. The van der Waals surface area contributed by atoms with E-state index in [-0.39, 0.29) is 11.7 Å². The Morgan fingerprint density at radius 3 is 2.79 bits per heavy atom. The molecule has 1 aromatic rings. The molecule has 0 bridgehead atoms. The van der Waals surface area contributed by atoms with E-state index in [1.807, 2.05) is 18.2 Å². The molecule has 19 heavy (non-hydrogen) atoms. The summed E-state index contributed by atoms with van der Waals surface area (Å²) in [6, 6.07) is 8.16. The molecule has 106 valence electrons. The van der Waals surface area contributed by atoms with Crippen LogP contribution in [0.2, 0.25) is 0 Å². The van der Waals surface area contributed by atoms with Crippen molar-refractivity contribution < 1.29 is 9.84 Å². The minimum atomic E-state index is -0.329. The van der Waals surface area contributed by atoms with Crippen LogP contribution in [0.15, 0.2) is 24.3 Å². The first-order valence-corrected chi connectivity index (χ1v) is 7.13. The average molecular weight is 263 g/mol. The van der Waals surface area contributed by atoms with Gasteiger partial charge in [0.15, 0.2) is 0 Å². The molecule has 1 N–H and O–H groups in total. The molecule has 1 aromatic carbocycles. The van der Waals surface area contributed by atoms with Crippen molar-refractivity contribution in [2.45, 2.75) is 45.3 Å². The number of fused-ring (bicyclic) bond motifs is 1. The molecule has 0 fully saturated rings. The second-order valence-corrected chi connectivity index (χ2v) is 6.16. The van der Waals surface area contributed by atoms with Crippen LogP contribution in [0.1, 0.15) is 45.3 Å². The second-order valence-electron chi connectivity index (χ2n) is 6.16. The largest absolute Gasteiger partial charge is 0.388 e. The molecule has 0 aliphatic carbocycles. The zero-order valence-electron chi connectivity index (χ0n) is 12.2. The minimum Gasteiger partial charge on any atom is -0.388 e. The molecule has 1 unspecified atom stereocenters. The molecule has 0 spiro atoms. The first kappa shape index (κ1) is 14.4. The molecule has 0 aromatic heterocycles. The van der Waals surface area contributed by atoms with E-state index in [2.05, 4.69) is 31.7 Å². The molecule has 2 rings (SSSR count). The van der Waals surface area contributed by atoms with Gasteiger partial charge in [-0.25, -0.2) is 0 Å². The zero-order chi connectivity index (χ0) is 13.9. The lowest BCUT2D eigenvalue weighted by molar-refractivity contribution is 0.00136. The van der Waals surface area contributed by atoms with Gasteiger partial charge in [0, 0.05) is 24.3 Å². The third kappa shape index (κ3) is 3.95. The first-order valence-electron chi connectivity index (χ1n) is 7.13. The van der Waals surface area contributed by atoms with Crippen LogP contribution in [-0.4, -0.2) is 30.4 Å². The summed E-state index contributed by atoms with van der Waals surface area (Å²) in [5, 5.41) is 10.2. The van der Waals surface area contributed by atoms with Crippen LogP contribution in [0, 0.1) is 0 Å². The number of hydrogen-bond acceptors (Lipinski definition) is 3. The SMILES string of the molecule is CC(C)(C)OCCN1CCCC(O)c2ccccc21. The van der Waals surface area contributed by atoms with Gasteiger partial charge in [0.25, 0.3) is 0 Å². The Bertz CT molecular complexity index is 411. The molecule has 3 heteroatoms. The van der Waals surface area contributed by atoms with Crippen LogP contribution in [0.3, 0.4) is 0 Å². The van der Waals surface area contributed by atoms with Crippen molar-refractivity contribution in [1.29, 1.82) is 0 Å². The number of aliphatic hydroxyl groups is 1. The maximum Gasteiger partial charge on any atom is 0.0810 e. The van der Waals surface area contributed by atoms with E-state index in [1.165, 1.54) is 0 Å². The van der Waals surface area contributed by atoms with E-state index in [0.29, 0.717) is 6.61 Å². The van der Waals surface area contributed by atoms with Crippen molar-refractivity contribution in [2.24, 2.45) is 0 Å². The maximum atomic E-state index is 10.2. The monoisotopic (exact) mass is 263 g/mol. The van der Waals surface area contributed by atoms with E-state index in [4.69, 9.17) is 4.74 Å². The van der Waals surface area contributed by atoms with Gasteiger partial charge in [-0.1, -0.05) is 18.2 Å². The Balaban J connectivity index is 2.06. The van der Waals surface area contributed by atoms with Crippen LogP contribution >= 0.6 is 0 Å². The Labute approximate surface area is 116 Å². The lowest BCUT2D eigenvalue weighted by atomic mass is 10.0. The highest BCUT2D eigenvalue weighted by atomic mass is 16.5. The summed E-state index contributed by atoms with van der Waals surface area (Å²) < 4.78 is 5.81. The van der Waals surface area contributed by atoms with Gasteiger partial charge in [-0.05, 0) is 39.7 Å². The van der Waals surface area contributed by atoms with Gasteiger partial charge in [0.1, 0.15) is 0 Å². The summed E-state index contributed by atoms with van der Waals surface area (Å²) in [6.07, 6.45) is 1.53. The summed E-state index contributed by atoms with van der Waals surface area (Å²) in [5.41, 5.74) is 2.12. The van der Waals surface area contributed by atoms with Crippen LogP contribution < -0.4 is 4.90 Å². The van der Waals surface area contributed by atoms with Crippen LogP contribution in [0.4, 0.5) is 5.69 Å². The van der Waals surface area contributed by atoms with Crippen LogP contribution in [-0.2, 0) is 4.74 Å². The fourth-order valence-electron chi connectivity index (χ4n) is 2.50. The van der Waals surface area contributed by atoms with Crippen molar-refractivity contribution in [1.82, 2.24) is 0 Å². The normalized spacial score (nSPS) is 20.0. The molecule has 1 aliphatic rings. The second kappa shape index (κ2) is 5.93. The van der Waals surface area contributed by atoms with Crippen molar-refractivity contribution in [3.8, 4) is 0 Å². The number of aliphatic hydroxyl groups excluding tert-OH is 1. The number of para-hydroxylation sites is 1. The maximum absolute atomic E-state index is 10.2. The highest BCUT2D eigenvalue weighted by Gasteiger charge is 2.21. The molecule has 0 radical (unpaired) electrons. The predicted octanol–water partition coefficient (Wildman–Crippen LogP) is 3.14. The smallest absolute Gasteiger partial charge is 0.0810 e. The van der Waals surface area contributed by atoms with E-state index in [9.17, 15) is 5.11 Å². The standard InChI is InChI=1S/C16H25NO2/c1-16(2,3)19-12-11-17-10-6-9-15(18)13-7-4-5-8-14(13)17/h4-5,7-8,15,18H,6,9-12H2,1-3H3. The molecule has 3 nitrogen and oxygen atoms in total. The summed E-state index contributed by atoms with van der Waals surface area (Å²) in [5.74, 6) is 0. The van der Waals surface area contributed by atoms with Crippen molar-refractivity contribution in [3.05, 3.63) is 29.8 Å². The lowest BCUT2D eigenvalue weighted by Gasteiger charge is -2.27. The summed E-state index contributed by atoms with van der Waals surface area (Å²) in [7, 11) is 0. The zero-order valence-corrected chi connectivity index (χ0v) is 12.2. The average Bonchev–Trinajstić information content (AvgIpc) is 2.49. The third-order valence-corrected chi connectivity index (χ3v) is 3.44. The summed E-state index contributed by atoms with van der Waals surface area (Å²) >= 11 is 0. The highest BCUT2D eigenvalue weighted by Crippen LogP contribution is 2.32. The molecular weight excluding hydrogens is 238 g/mol. The van der Waals surface area contributed by atoms with Crippen molar-refractivity contribution in [2.75, 3.05) is 24.6 Å². The number of nitrogens with zero attached hydrogens (tertiary/aromatic N) is 1. The molecule has 1 atom stereocenters. The van der Waals surface area contributed by atoms with Gasteiger partial charge in [0.2, 0.25) is 0 Å². The Kier molecular flexibility index (Phi) is 4.48. The minimum absolute atomic E-state index is 0.0924. The summed E-state index contributed by atoms with van der Waals surface area (Å²) in [4.78, 5) is 2.33. The van der Waals surface area contributed by atoms with Gasteiger partial charge in [-0.3, -0.25) is 0 Å². The van der Waals surface area contributed by atoms with E-state index >= 15 is 0 Å². The third-order valence-electron chi connectivity index (χ3n) is 3.44. The quantitative estimate of drug-likeness (QED) is 0.909. The predicted molar refractivity (Wildman–Crippen MR) is 78.6 cm³/mol. The van der Waals surface area contributed by atoms with Crippen LogP contribution in [0.5, 0.6) is 0 Å². The van der Waals surface area contributed by atoms with Gasteiger partial charge >= 0.3 is 0 Å². The Morgan fingerprint density at radius 2 is 2.05 bits per heavy atom. The molecule has 0 amide bonds. The molecule has 1 aliphatic heterocycles. The number of ether oxygens (including phenoxy) is 1. The van der Waals surface area contributed by atoms with Crippen molar-refractivity contribution >= 4 is 5.69 Å². The number of benzene rings is 1.